The molecule has 3 aromatic rings. The Kier molecular flexibility index (Phi) is 3.70. The molecule has 0 saturated heterocycles. The van der Waals surface area contributed by atoms with E-state index in [1.54, 1.807) is 13.1 Å². The van der Waals surface area contributed by atoms with Crippen LogP contribution in [0.4, 0.5) is 5.13 Å². The van der Waals surface area contributed by atoms with Gasteiger partial charge in [0.1, 0.15) is 0 Å². The zero-order chi connectivity index (χ0) is 14.8. The highest BCUT2D eigenvalue weighted by molar-refractivity contribution is 7.20. The first-order valence-corrected chi connectivity index (χ1v) is 7.70. The number of imidazole rings is 1. The molecule has 6 heteroatoms. The first kappa shape index (κ1) is 13.8. The summed E-state index contributed by atoms with van der Waals surface area (Å²) in [7, 11) is 0. The Bertz CT molecular complexity index is 790. The summed E-state index contributed by atoms with van der Waals surface area (Å²) >= 11 is 1.53. The van der Waals surface area contributed by atoms with Crippen LogP contribution >= 0.6 is 11.3 Å². The fourth-order valence-electron chi connectivity index (χ4n) is 2.09. The van der Waals surface area contributed by atoms with E-state index in [9.17, 15) is 4.79 Å². The molecule has 5 nitrogen and oxygen atoms in total. The van der Waals surface area contributed by atoms with E-state index in [0.29, 0.717) is 5.56 Å². The molecule has 0 aliphatic rings. The predicted molar refractivity (Wildman–Crippen MR) is 85.1 cm³/mol. The number of nitrogens with zero attached hydrogens (tertiary/aromatic N) is 3. The molecule has 0 spiro atoms. The van der Waals surface area contributed by atoms with Crippen molar-refractivity contribution in [3.63, 3.8) is 0 Å². The van der Waals surface area contributed by atoms with Gasteiger partial charge in [-0.3, -0.25) is 4.79 Å². The van der Waals surface area contributed by atoms with Gasteiger partial charge in [-0.15, -0.1) is 5.10 Å². The monoisotopic (exact) mass is 300 g/mol. The first-order chi connectivity index (χ1) is 10.2. The Morgan fingerprint density at radius 1 is 1.43 bits per heavy atom. The highest BCUT2D eigenvalue weighted by Gasteiger charge is 2.12. The molecule has 0 atom stereocenters. The summed E-state index contributed by atoms with van der Waals surface area (Å²) in [5, 5.41) is 8.67. The molecule has 1 N–H and O–H groups in total. The molecule has 0 aliphatic heterocycles. The van der Waals surface area contributed by atoms with Crippen LogP contribution in [-0.2, 0) is 0 Å². The summed E-state index contributed by atoms with van der Waals surface area (Å²) < 4.78 is 1.82. The van der Waals surface area contributed by atoms with E-state index >= 15 is 0 Å². The zero-order valence-electron chi connectivity index (χ0n) is 12.0. The smallest absolute Gasteiger partial charge is 0.214 e. The summed E-state index contributed by atoms with van der Waals surface area (Å²) in [6, 6.07) is 7.55. The number of carbonyl (C=O) groups is 1. The second kappa shape index (κ2) is 5.65. The van der Waals surface area contributed by atoms with Crippen LogP contribution in [0, 0.1) is 0 Å². The third-order valence-corrected chi connectivity index (χ3v) is 4.06. The summed E-state index contributed by atoms with van der Waals surface area (Å²) in [5.74, 6) is 0.0567. The average molecular weight is 300 g/mol. The third kappa shape index (κ3) is 2.67. The average Bonchev–Trinajstić information content (AvgIpc) is 3.04. The molecule has 0 amide bonds. The number of carbonyl (C=O) groups excluding carboxylic acids is 1. The number of anilines is 1. The van der Waals surface area contributed by atoms with Crippen molar-refractivity contribution < 1.29 is 4.79 Å². The van der Waals surface area contributed by atoms with Gasteiger partial charge in [0, 0.05) is 17.7 Å². The Hall–Kier alpha value is -2.21. The van der Waals surface area contributed by atoms with Crippen molar-refractivity contribution in [2.75, 3.05) is 11.9 Å². The molecule has 21 heavy (non-hydrogen) atoms. The summed E-state index contributed by atoms with van der Waals surface area (Å²) in [4.78, 5) is 16.7. The molecule has 0 bridgehead atoms. The molecule has 2 heterocycles. The van der Waals surface area contributed by atoms with Gasteiger partial charge in [-0.1, -0.05) is 36.5 Å². The van der Waals surface area contributed by atoms with Crippen molar-refractivity contribution in [2.24, 2.45) is 0 Å². The van der Waals surface area contributed by atoms with E-state index in [1.807, 2.05) is 28.8 Å². The minimum atomic E-state index is 0.0567. The van der Waals surface area contributed by atoms with E-state index in [1.165, 1.54) is 11.3 Å². The lowest BCUT2D eigenvalue weighted by Crippen LogP contribution is -2.00. The van der Waals surface area contributed by atoms with E-state index in [-0.39, 0.29) is 5.78 Å². The SMILES string of the molecule is CCCNc1nn2c(-c3cccc(C(C)=O)c3)cnc2s1. The standard InChI is InChI=1S/C15H16N4OS/c1-3-7-16-14-18-19-13(9-17-15(19)21-14)12-6-4-5-11(8-12)10(2)20/h4-6,8-9H,3,7H2,1-2H3,(H,16,18). The van der Waals surface area contributed by atoms with Gasteiger partial charge in [-0.25, -0.2) is 9.50 Å². The fraction of sp³-hybridized carbons (Fsp3) is 0.267. The van der Waals surface area contributed by atoms with Gasteiger partial charge in [0.15, 0.2) is 5.78 Å². The Balaban J connectivity index is 2.01. The number of Topliss-reactive ketones (excluding diaryl/α,β-unsaturated/α-hetero) is 1. The second-order valence-electron chi connectivity index (χ2n) is 4.81. The van der Waals surface area contributed by atoms with Crippen molar-refractivity contribution >= 4 is 27.2 Å². The minimum Gasteiger partial charge on any atom is -0.360 e. The molecule has 0 fully saturated rings. The second-order valence-corrected chi connectivity index (χ2v) is 5.76. The molecule has 2 aromatic heterocycles. The third-order valence-electron chi connectivity index (χ3n) is 3.18. The molecule has 108 valence electrons. The summed E-state index contributed by atoms with van der Waals surface area (Å²) in [6.07, 6.45) is 2.84. The molecular formula is C15H16N4OS. The van der Waals surface area contributed by atoms with E-state index in [4.69, 9.17) is 0 Å². The molecule has 0 unspecified atom stereocenters. The predicted octanol–water partition coefficient (Wildman–Crippen LogP) is 3.48. The highest BCUT2D eigenvalue weighted by Crippen LogP contribution is 2.26. The van der Waals surface area contributed by atoms with Crippen LogP contribution in [0.3, 0.4) is 0 Å². The van der Waals surface area contributed by atoms with Crippen LogP contribution in [0.1, 0.15) is 30.6 Å². The molecule has 1 aromatic carbocycles. The molecule has 3 rings (SSSR count). The fourth-order valence-corrected chi connectivity index (χ4v) is 2.89. The maximum Gasteiger partial charge on any atom is 0.214 e. The summed E-state index contributed by atoms with van der Waals surface area (Å²) in [6.45, 7) is 4.58. The van der Waals surface area contributed by atoms with Gasteiger partial charge in [0.25, 0.3) is 0 Å². The minimum absolute atomic E-state index is 0.0567. The quantitative estimate of drug-likeness (QED) is 0.733. The number of benzene rings is 1. The number of rotatable bonds is 5. The molecule has 0 aliphatic carbocycles. The Labute approximate surface area is 126 Å². The highest BCUT2D eigenvalue weighted by atomic mass is 32.1. The number of hydrogen-bond donors (Lipinski definition) is 1. The number of fused-ring (bicyclic) bond motifs is 1. The van der Waals surface area contributed by atoms with Crippen LogP contribution in [0.15, 0.2) is 30.5 Å². The van der Waals surface area contributed by atoms with Crippen LogP contribution in [0.2, 0.25) is 0 Å². The maximum atomic E-state index is 11.5. The van der Waals surface area contributed by atoms with Crippen molar-refractivity contribution in [1.82, 2.24) is 14.6 Å². The van der Waals surface area contributed by atoms with E-state index in [2.05, 4.69) is 22.3 Å². The van der Waals surface area contributed by atoms with Gasteiger partial charge >= 0.3 is 0 Å². The summed E-state index contributed by atoms with van der Waals surface area (Å²) in [5.41, 5.74) is 2.54. The number of ketones is 1. The van der Waals surface area contributed by atoms with Crippen molar-refractivity contribution in [3.05, 3.63) is 36.0 Å². The molecular weight excluding hydrogens is 284 g/mol. The van der Waals surface area contributed by atoms with Gasteiger partial charge in [-0.05, 0) is 19.4 Å². The van der Waals surface area contributed by atoms with Crippen molar-refractivity contribution in [2.45, 2.75) is 20.3 Å². The lowest BCUT2D eigenvalue weighted by Gasteiger charge is -2.01. The lowest BCUT2D eigenvalue weighted by atomic mass is 10.1. The first-order valence-electron chi connectivity index (χ1n) is 6.89. The van der Waals surface area contributed by atoms with E-state index < -0.39 is 0 Å². The van der Waals surface area contributed by atoms with Crippen LogP contribution in [0.5, 0.6) is 0 Å². The van der Waals surface area contributed by atoms with Crippen molar-refractivity contribution in [1.29, 1.82) is 0 Å². The van der Waals surface area contributed by atoms with Crippen molar-refractivity contribution in [3.8, 4) is 11.3 Å². The van der Waals surface area contributed by atoms with Gasteiger partial charge < -0.3 is 5.32 Å². The Morgan fingerprint density at radius 2 is 2.29 bits per heavy atom. The Morgan fingerprint density at radius 3 is 3.05 bits per heavy atom. The van der Waals surface area contributed by atoms with Crippen LogP contribution in [-0.4, -0.2) is 26.9 Å². The number of hydrogen-bond acceptors (Lipinski definition) is 5. The largest absolute Gasteiger partial charge is 0.360 e. The van der Waals surface area contributed by atoms with Gasteiger partial charge in [0.2, 0.25) is 10.1 Å². The lowest BCUT2D eigenvalue weighted by molar-refractivity contribution is 0.101. The zero-order valence-corrected chi connectivity index (χ0v) is 12.8. The van der Waals surface area contributed by atoms with Gasteiger partial charge in [0.05, 0.1) is 11.9 Å². The molecule has 0 radical (unpaired) electrons. The number of nitrogens with one attached hydrogen (secondary N) is 1. The normalized spacial score (nSPS) is 11.0. The number of aromatic nitrogens is 3. The topological polar surface area (TPSA) is 59.3 Å². The van der Waals surface area contributed by atoms with Crippen LogP contribution < -0.4 is 5.32 Å². The van der Waals surface area contributed by atoms with Crippen LogP contribution in [0.25, 0.3) is 16.2 Å². The molecule has 0 saturated carbocycles. The van der Waals surface area contributed by atoms with E-state index in [0.717, 1.165) is 34.3 Å². The maximum absolute atomic E-state index is 11.5. The van der Waals surface area contributed by atoms with Gasteiger partial charge in [-0.2, -0.15) is 0 Å².